The Morgan fingerprint density at radius 1 is 0.358 bits per heavy atom. The Morgan fingerprint density at radius 2 is 0.630 bits per heavy atom. The Morgan fingerprint density at radius 3 is 0.951 bits per heavy atom. The van der Waals surface area contributed by atoms with Crippen LogP contribution < -0.4 is 48.6 Å². The number of rotatable bonds is 50. The minimum atomic E-state index is -0.493. The van der Waals surface area contributed by atoms with Gasteiger partial charge >= 0.3 is 18.1 Å². The minimum Gasteiger partial charge on any atom is -0.338 e. The smallest absolute Gasteiger partial charge is 0.321 e. The van der Waals surface area contributed by atoms with E-state index in [2.05, 4.69) is 82.6 Å². The number of aromatic nitrogens is 6. The van der Waals surface area contributed by atoms with E-state index in [9.17, 15) is 28.8 Å². The van der Waals surface area contributed by atoms with Crippen LogP contribution in [0.5, 0.6) is 0 Å². The molecule has 3 rings (SSSR count). The zero-order valence-corrected chi connectivity index (χ0v) is 50.7. The molecule has 9 N–H and O–H groups in total. The Kier molecular flexibility index (Phi) is 40.4. The Hall–Kier alpha value is -5.55. The third-order valence-corrected chi connectivity index (χ3v) is 15.1. The standard InChI is InChI=1S/C63H110N12O6/c1-4-7-10-13-16-19-22-25-28-31-34-42-52-47-55(76)70-58(67-52)73-61(79)64-45-38-37-40-51(50-66-63(81)75-60-69-54(49-57(78)72-60)44-36-33-30-27-24-21-18-15-12-9-6-3)41-39-46-65-62(80)74-59-68-53(48-56(77)71-59)43-35-32-29-26-23-20-17-14-11-8-5-2/h47-49,51H,4-46,50H2,1-3H3,(H3,64,67,70,73,76,79)(H3,65,68,71,74,77,80)(H3,66,69,72,75,78,81). The number of nitrogens with zero attached hydrogens (tertiary/aromatic N) is 3. The highest BCUT2D eigenvalue weighted by atomic mass is 16.2. The lowest BCUT2D eigenvalue weighted by Crippen LogP contribution is -2.35. The second kappa shape index (κ2) is 47.0. The lowest BCUT2D eigenvalue weighted by molar-refractivity contribution is 0.247. The summed E-state index contributed by atoms with van der Waals surface area (Å²) in [6, 6.07) is 3.04. The van der Waals surface area contributed by atoms with Gasteiger partial charge in [-0.2, -0.15) is 0 Å². The maximum absolute atomic E-state index is 13.2. The second-order valence-electron chi connectivity index (χ2n) is 22.7. The minimum absolute atomic E-state index is 0.0106. The third-order valence-electron chi connectivity index (χ3n) is 15.1. The third kappa shape index (κ3) is 38.0. The Balaban J connectivity index is 1.45. The van der Waals surface area contributed by atoms with Gasteiger partial charge in [0.15, 0.2) is 0 Å². The van der Waals surface area contributed by atoms with Gasteiger partial charge in [0, 0.05) is 54.9 Å². The normalized spacial score (nSPS) is 11.6. The van der Waals surface area contributed by atoms with Crippen molar-refractivity contribution in [2.24, 2.45) is 5.92 Å². The van der Waals surface area contributed by atoms with Crippen LogP contribution in [0, 0.1) is 5.92 Å². The van der Waals surface area contributed by atoms with E-state index >= 15 is 0 Å². The van der Waals surface area contributed by atoms with Gasteiger partial charge in [0.2, 0.25) is 17.8 Å². The van der Waals surface area contributed by atoms with E-state index in [4.69, 9.17) is 0 Å². The molecule has 81 heavy (non-hydrogen) atoms. The summed E-state index contributed by atoms with van der Waals surface area (Å²) in [5.74, 6) is 0.334. The number of aromatic amines is 3. The maximum Gasteiger partial charge on any atom is 0.321 e. The number of hydrogen-bond donors (Lipinski definition) is 9. The molecule has 0 saturated carbocycles. The fourth-order valence-corrected chi connectivity index (χ4v) is 10.4. The molecular weight excluding hydrogens is 1020 g/mol. The molecule has 1 atom stereocenters. The summed E-state index contributed by atoms with van der Waals surface area (Å²) >= 11 is 0. The number of carbonyl (C=O) groups is 3. The maximum atomic E-state index is 13.2. The molecule has 3 aromatic rings. The van der Waals surface area contributed by atoms with Crippen molar-refractivity contribution in [2.75, 3.05) is 35.6 Å². The molecule has 0 fully saturated rings. The predicted molar refractivity (Wildman–Crippen MR) is 333 cm³/mol. The highest BCUT2D eigenvalue weighted by Crippen LogP contribution is 2.18. The molecule has 0 aliphatic carbocycles. The number of nitrogens with one attached hydrogen (secondary N) is 9. The van der Waals surface area contributed by atoms with Crippen molar-refractivity contribution in [1.29, 1.82) is 0 Å². The van der Waals surface area contributed by atoms with Crippen molar-refractivity contribution in [3.05, 3.63) is 66.3 Å². The molecular formula is C63H110N12O6. The fraction of sp³-hybridized carbons (Fsp3) is 0.762. The van der Waals surface area contributed by atoms with Crippen molar-refractivity contribution in [3.63, 3.8) is 0 Å². The number of hydrogen-bond acceptors (Lipinski definition) is 9. The monoisotopic (exact) mass is 1130 g/mol. The first-order valence-electron chi connectivity index (χ1n) is 32.5. The highest BCUT2D eigenvalue weighted by molar-refractivity contribution is 5.88. The molecule has 0 aromatic carbocycles. The summed E-state index contributed by atoms with van der Waals surface area (Å²) in [6.07, 6.45) is 46.0. The van der Waals surface area contributed by atoms with Gasteiger partial charge in [-0.15, -0.1) is 0 Å². The number of carbonyl (C=O) groups excluding carboxylic acids is 3. The largest absolute Gasteiger partial charge is 0.338 e. The van der Waals surface area contributed by atoms with Crippen LogP contribution >= 0.6 is 0 Å². The van der Waals surface area contributed by atoms with Crippen LogP contribution in [0.25, 0.3) is 0 Å². The lowest BCUT2D eigenvalue weighted by atomic mass is 9.96. The van der Waals surface area contributed by atoms with Crippen molar-refractivity contribution < 1.29 is 14.4 Å². The van der Waals surface area contributed by atoms with Crippen LogP contribution in [0.15, 0.2) is 32.6 Å². The zero-order chi connectivity index (χ0) is 58.2. The van der Waals surface area contributed by atoms with Gasteiger partial charge in [-0.05, 0) is 70.1 Å². The van der Waals surface area contributed by atoms with E-state index in [1.165, 1.54) is 179 Å². The van der Waals surface area contributed by atoms with Gasteiger partial charge in [0.1, 0.15) is 0 Å². The fourth-order valence-electron chi connectivity index (χ4n) is 10.4. The summed E-state index contributed by atoms with van der Waals surface area (Å²) < 4.78 is 0. The summed E-state index contributed by atoms with van der Waals surface area (Å²) in [5.41, 5.74) is 1.01. The van der Waals surface area contributed by atoms with Crippen LogP contribution in [0.1, 0.15) is 282 Å². The van der Waals surface area contributed by atoms with E-state index in [-0.39, 0.29) is 40.4 Å². The molecule has 3 aromatic heterocycles. The van der Waals surface area contributed by atoms with E-state index in [0.29, 0.717) is 81.7 Å². The average molecular weight is 1130 g/mol. The van der Waals surface area contributed by atoms with Crippen molar-refractivity contribution in [1.82, 2.24) is 45.9 Å². The highest BCUT2D eigenvalue weighted by Gasteiger charge is 2.15. The number of urea groups is 3. The molecule has 0 spiro atoms. The Labute approximate surface area is 486 Å². The number of amides is 6. The van der Waals surface area contributed by atoms with Gasteiger partial charge in [-0.3, -0.25) is 45.3 Å². The van der Waals surface area contributed by atoms with Gasteiger partial charge in [0.25, 0.3) is 16.7 Å². The lowest BCUT2D eigenvalue weighted by Gasteiger charge is -2.18. The van der Waals surface area contributed by atoms with Crippen LogP contribution in [0.2, 0.25) is 0 Å². The predicted octanol–water partition coefficient (Wildman–Crippen LogP) is 14.8. The molecule has 0 aliphatic heterocycles. The zero-order valence-electron chi connectivity index (χ0n) is 50.7. The van der Waals surface area contributed by atoms with Crippen LogP contribution in [0.3, 0.4) is 0 Å². The van der Waals surface area contributed by atoms with Gasteiger partial charge in [-0.1, -0.05) is 220 Å². The van der Waals surface area contributed by atoms with Gasteiger partial charge in [-0.25, -0.2) is 29.3 Å². The average Bonchev–Trinajstić information content (AvgIpc) is 3.49. The molecule has 0 aliphatic rings. The van der Waals surface area contributed by atoms with E-state index < -0.39 is 18.1 Å². The first-order chi connectivity index (χ1) is 39.6. The topological polar surface area (TPSA) is 261 Å². The molecule has 0 bridgehead atoms. The van der Waals surface area contributed by atoms with Crippen molar-refractivity contribution in [2.45, 2.75) is 284 Å². The van der Waals surface area contributed by atoms with Gasteiger partial charge < -0.3 is 16.0 Å². The second-order valence-corrected chi connectivity index (χ2v) is 22.7. The van der Waals surface area contributed by atoms with Crippen LogP contribution in [-0.2, 0) is 19.3 Å². The van der Waals surface area contributed by atoms with Crippen LogP contribution in [-0.4, -0.2) is 67.6 Å². The summed E-state index contributed by atoms with van der Waals surface area (Å²) in [6.45, 7) is 7.76. The molecule has 6 amide bonds. The number of H-pyrrole nitrogens is 3. The molecule has 0 radical (unpaired) electrons. The molecule has 18 heteroatoms. The van der Waals surface area contributed by atoms with E-state index in [1.54, 1.807) is 0 Å². The van der Waals surface area contributed by atoms with E-state index in [0.717, 1.165) is 57.8 Å². The van der Waals surface area contributed by atoms with Crippen molar-refractivity contribution in [3.8, 4) is 0 Å². The van der Waals surface area contributed by atoms with Crippen LogP contribution in [0.4, 0.5) is 32.2 Å². The SMILES string of the molecule is CCCCCCCCCCCCCc1cc(=O)[nH]c(NC(=O)NCCCCC(CCCNC(=O)Nc2nc(CCCCCCCCCCCCC)cc(=O)[nH]2)CNC(=O)Nc2nc(CCCCCCCCCCCCC)cc(=O)[nH]2)n1. The van der Waals surface area contributed by atoms with E-state index in [1.807, 2.05) is 0 Å². The van der Waals surface area contributed by atoms with Gasteiger partial charge in [0.05, 0.1) is 0 Å². The first-order valence-corrected chi connectivity index (χ1v) is 32.5. The van der Waals surface area contributed by atoms with Crippen molar-refractivity contribution >= 4 is 35.9 Å². The molecule has 458 valence electrons. The number of aryl methyl sites for hydroxylation is 3. The molecule has 1 unspecified atom stereocenters. The first kappa shape index (κ1) is 69.7. The molecule has 18 nitrogen and oxygen atoms in total. The number of unbranched alkanes of at least 4 members (excludes halogenated alkanes) is 31. The summed E-state index contributed by atoms with van der Waals surface area (Å²) in [4.78, 5) is 97.9. The summed E-state index contributed by atoms with van der Waals surface area (Å²) in [7, 11) is 0. The Bertz CT molecular complexity index is 2280. The summed E-state index contributed by atoms with van der Waals surface area (Å²) in [5, 5.41) is 16.8. The quantitative estimate of drug-likeness (QED) is 0.0243. The molecule has 3 heterocycles. The number of anilines is 3. The molecule has 0 saturated heterocycles.